The average Bonchev–Trinajstić information content (AvgIpc) is 2.83. The molecule has 0 bridgehead atoms. The number of aromatic nitrogens is 1. The Morgan fingerprint density at radius 2 is 1.97 bits per heavy atom. The number of rotatable bonds is 13. The van der Waals surface area contributed by atoms with Crippen LogP contribution in [-0.4, -0.2) is 36.6 Å². The summed E-state index contributed by atoms with van der Waals surface area (Å²) in [5.74, 6) is 2.32. The molecule has 0 aliphatic carbocycles. The number of hydrogen-bond acceptors (Lipinski definition) is 4. The van der Waals surface area contributed by atoms with E-state index in [1.54, 1.807) is 7.11 Å². The van der Waals surface area contributed by atoms with E-state index in [-0.39, 0.29) is 0 Å². The lowest BCUT2D eigenvalue weighted by molar-refractivity contribution is 0.105. The van der Waals surface area contributed by atoms with Gasteiger partial charge in [-0.2, -0.15) is 5.26 Å². The molecule has 0 saturated carbocycles. The number of fused-ring (bicyclic) bond motifs is 1. The fourth-order valence-electron chi connectivity index (χ4n) is 5.34. The molecule has 0 spiro atoms. The number of likely N-dealkylation sites (tertiary alicyclic amines) is 1. The highest BCUT2D eigenvalue weighted by Crippen LogP contribution is 2.32. The summed E-state index contributed by atoms with van der Waals surface area (Å²) in [6, 6.07) is 10.7. The molecular formula is C28H41N3O. The van der Waals surface area contributed by atoms with Gasteiger partial charge >= 0.3 is 0 Å². The summed E-state index contributed by atoms with van der Waals surface area (Å²) in [5, 5.41) is 10.4. The Morgan fingerprint density at radius 1 is 1.09 bits per heavy atom. The van der Waals surface area contributed by atoms with Crippen molar-refractivity contribution in [1.29, 1.82) is 5.26 Å². The lowest BCUT2D eigenvalue weighted by Gasteiger charge is -2.39. The maximum absolute atomic E-state index is 9.16. The van der Waals surface area contributed by atoms with Gasteiger partial charge in [0.25, 0.3) is 0 Å². The first-order valence-electron chi connectivity index (χ1n) is 12.8. The molecule has 1 aliphatic rings. The Bertz CT molecular complexity index is 859. The summed E-state index contributed by atoms with van der Waals surface area (Å²) in [7, 11) is 1.72. The van der Waals surface area contributed by atoms with Crippen molar-refractivity contribution in [3.05, 3.63) is 36.0 Å². The maximum Gasteiger partial charge on any atom is 0.119 e. The van der Waals surface area contributed by atoms with Gasteiger partial charge in [-0.3, -0.25) is 4.98 Å². The smallest absolute Gasteiger partial charge is 0.119 e. The summed E-state index contributed by atoms with van der Waals surface area (Å²) in [6.07, 6.45) is 15.2. The second-order valence-corrected chi connectivity index (χ2v) is 9.47. The highest BCUT2D eigenvalue weighted by Gasteiger charge is 2.28. The van der Waals surface area contributed by atoms with E-state index in [2.05, 4.69) is 35.0 Å². The number of methoxy groups -OCH3 is 1. The zero-order valence-electron chi connectivity index (χ0n) is 20.2. The molecule has 1 fully saturated rings. The summed E-state index contributed by atoms with van der Waals surface area (Å²) in [5.41, 5.74) is 2.41. The van der Waals surface area contributed by atoms with Gasteiger partial charge < -0.3 is 9.64 Å². The third-order valence-corrected chi connectivity index (χ3v) is 7.24. The maximum atomic E-state index is 9.16. The quantitative estimate of drug-likeness (QED) is 0.325. The number of unbranched alkanes of at least 4 members (excludes halogenated alkanes) is 4. The first kappa shape index (κ1) is 24.5. The van der Waals surface area contributed by atoms with Crippen LogP contribution >= 0.6 is 0 Å². The zero-order chi connectivity index (χ0) is 22.6. The molecule has 2 atom stereocenters. The van der Waals surface area contributed by atoms with E-state index in [1.807, 2.05) is 18.3 Å². The van der Waals surface area contributed by atoms with Gasteiger partial charge in [-0.05, 0) is 93.3 Å². The summed E-state index contributed by atoms with van der Waals surface area (Å²) < 4.78 is 5.43. The number of pyridine rings is 1. The van der Waals surface area contributed by atoms with Crippen LogP contribution in [0.2, 0.25) is 0 Å². The van der Waals surface area contributed by atoms with Gasteiger partial charge in [-0.25, -0.2) is 0 Å². The molecule has 2 aromatic rings. The molecule has 32 heavy (non-hydrogen) atoms. The zero-order valence-corrected chi connectivity index (χ0v) is 20.2. The normalized spacial score (nSPS) is 19.2. The number of ether oxygens (including phenoxy) is 1. The van der Waals surface area contributed by atoms with Gasteiger partial charge in [-0.1, -0.05) is 32.6 Å². The van der Waals surface area contributed by atoms with E-state index >= 15 is 0 Å². The number of piperidine rings is 1. The Kier molecular flexibility index (Phi) is 10.3. The van der Waals surface area contributed by atoms with Crippen LogP contribution in [0.3, 0.4) is 0 Å². The molecule has 1 saturated heterocycles. The van der Waals surface area contributed by atoms with Crippen LogP contribution in [0, 0.1) is 23.2 Å². The number of nitrogens with zero attached hydrogens (tertiary/aromatic N) is 3. The molecule has 0 amide bonds. The van der Waals surface area contributed by atoms with Crippen molar-refractivity contribution in [2.75, 3.05) is 26.7 Å². The minimum Gasteiger partial charge on any atom is -0.497 e. The first-order chi connectivity index (χ1) is 15.7. The predicted octanol–water partition coefficient (Wildman–Crippen LogP) is 6.78. The van der Waals surface area contributed by atoms with Gasteiger partial charge in [0.05, 0.1) is 18.7 Å². The number of nitriles is 1. The highest BCUT2D eigenvalue weighted by molar-refractivity contribution is 5.83. The van der Waals surface area contributed by atoms with E-state index in [4.69, 9.17) is 10.00 Å². The molecule has 0 radical (unpaired) electrons. The van der Waals surface area contributed by atoms with E-state index in [0.717, 1.165) is 30.0 Å². The lowest BCUT2D eigenvalue weighted by atomic mass is 9.79. The molecule has 0 unspecified atom stereocenters. The third kappa shape index (κ3) is 7.20. The second kappa shape index (κ2) is 13.4. The SMILES string of the molecule is CCCCCCCN1CC[C@@H](CCCc2ccnc3ccc(OC)cc23)[C@@H](CCC#N)C1. The largest absolute Gasteiger partial charge is 0.497 e. The van der Waals surface area contributed by atoms with E-state index in [0.29, 0.717) is 12.3 Å². The minimum absolute atomic E-state index is 0.674. The third-order valence-electron chi connectivity index (χ3n) is 7.24. The average molecular weight is 436 g/mol. The fraction of sp³-hybridized carbons (Fsp3) is 0.643. The minimum atomic E-state index is 0.674. The molecular weight excluding hydrogens is 394 g/mol. The topological polar surface area (TPSA) is 49.2 Å². The number of hydrogen-bond donors (Lipinski definition) is 0. The number of benzene rings is 1. The molecule has 1 aromatic heterocycles. The fourth-order valence-corrected chi connectivity index (χ4v) is 5.34. The van der Waals surface area contributed by atoms with Crippen molar-refractivity contribution in [3.8, 4) is 11.8 Å². The van der Waals surface area contributed by atoms with Crippen molar-refractivity contribution in [2.24, 2.45) is 11.8 Å². The Morgan fingerprint density at radius 3 is 2.78 bits per heavy atom. The van der Waals surface area contributed by atoms with Crippen molar-refractivity contribution >= 4 is 10.9 Å². The highest BCUT2D eigenvalue weighted by atomic mass is 16.5. The molecule has 174 valence electrons. The van der Waals surface area contributed by atoms with Gasteiger partial charge in [-0.15, -0.1) is 0 Å². The van der Waals surface area contributed by atoms with Crippen LogP contribution in [0.5, 0.6) is 5.75 Å². The van der Waals surface area contributed by atoms with Gasteiger partial charge in [0.1, 0.15) is 5.75 Å². The molecule has 4 nitrogen and oxygen atoms in total. The van der Waals surface area contributed by atoms with Gasteiger partial charge in [0.2, 0.25) is 0 Å². The van der Waals surface area contributed by atoms with Gasteiger partial charge in [0, 0.05) is 24.5 Å². The van der Waals surface area contributed by atoms with Crippen LogP contribution in [0.1, 0.15) is 76.7 Å². The summed E-state index contributed by atoms with van der Waals surface area (Å²) in [6.45, 7) is 5.94. The van der Waals surface area contributed by atoms with Gasteiger partial charge in [0.15, 0.2) is 0 Å². The van der Waals surface area contributed by atoms with Crippen LogP contribution < -0.4 is 4.74 Å². The molecule has 1 aromatic carbocycles. The van der Waals surface area contributed by atoms with Crippen LogP contribution in [0.15, 0.2) is 30.5 Å². The second-order valence-electron chi connectivity index (χ2n) is 9.47. The standard InChI is InChI=1S/C28H41N3O/c1-3-4-5-6-7-19-31-20-16-23(25(22-31)12-9-17-29)10-8-11-24-15-18-30-28-14-13-26(32-2)21-27(24)28/h13-15,18,21,23,25H,3-12,16,19-20,22H2,1-2H3/t23-,25+/m1/s1. The van der Waals surface area contributed by atoms with E-state index < -0.39 is 0 Å². The molecule has 4 heteroatoms. The number of aryl methyl sites for hydroxylation is 1. The molecule has 1 aliphatic heterocycles. The van der Waals surface area contributed by atoms with Crippen LogP contribution in [0.25, 0.3) is 10.9 Å². The lowest BCUT2D eigenvalue weighted by Crippen LogP contribution is -2.41. The monoisotopic (exact) mass is 435 g/mol. The summed E-state index contributed by atoms with van der Waals surface area (Å²) >= 11 is 0. The van der Waals surface area contributed by atoms with Crippen molar-refractivity contribution in [1.82, 2.24) is 9.88 Å². The predicted molar refractivity (Wildman–Crippen MR) is 133 cm³/mol. The van der Waals surface area contributed by atoms with Crippen LogP contribution in [-0.2, 0) is 6.42 Å². The molecule has 3 rings (SSSR count). The molecule has 2 heterocycles. The van der Waals surface area contributed by atoms with Crippen molar-refractivity contribution in [2.45, 2.75) is 77.6 Å². The van der Waals surface area contributed by atoms with E-state index in [1.165, 1.54) is 82.0 Å². The van der Waals surface area contributed by atoms with Crippen LogP contribution in [0.4, 0.5) is 0 Å². The first-order valence-corrected chi connectivity index (χ1v) is 12.8. The Labute approximate surface area is 195 Å². The summed E-state index contributed by atoms with van der Waals surface area (Å²) in [4.78, 5) is 7.19. The Balaban J connectivity index is 1.52. The Hall–Kier alpha value is -2.12. The van der Waals surface area contributed by atoms with Crippen molar-refractivity contribution in [3.63, 3.8) is 0 Å². The van der Waals surface area contributed by atoms with Crippen molar-refractivity contribution < 1.29 is 4.74 Å². The molecule has 0 N–H and O–H groups in total. The van der Waals surface area contributed by atoms with E-state index in [9.17, 15) is 0 Å².